The lowest BCUT2D eigenvalue weighted by molar-refractivity contribution is 0.283. The third-order valence-electron chi connectivity index (χ3n) is 10.1. The van der Waals surface area contributed by atoms with Crippen LogP contribution in [0.25, 0.3) is 0 Å². The van der Waals surface area contributed by atoms with Crippen LogP contribution in [0.2, 0.25) is 5.02 Å². The molecular formula is C42H62ClN3O. The van der Waals surface area contributed by atoms with Gasteiger partial charge in [0.2, 0.25) is 0 Å². The van der Waals surface area contributed by atoms with Crippen LogP contribution < -0.4 is 20.7 Å². The van der Waals surface area contributed by atoms with Gasteiger partial charge in [-0.15, -0.1) is 0 Å². The second kappa shape index (κ2) is 18.4. The van der Waals surface area contributed by atoms with E-state index < -0.39 is 0 Å². The highest BCUT2D eigenvalue weighted by Crippen LogP contribution is 2.32. The van der Waals surface area contributed by atoms with Crippen LogP contribution in [-0.2, 0) is 6.42 Å². The summed E-state index contributed by atoms with van der Waals surface area (Å²) in [5.74, 6) is 3.41. The molecule has 5 heteroatoms. The van der Waals surface area contributed by atoms with Gasteiger partial charge in [0.1, 0.15) is 5.75 Å². The fourth-order valence-corrected chi connectivity index (χ4v) is 6.87. The van der Waals surface area contributed by atoms with E-state index in [1.54, 1.807) is 7.11 Å². The lowest BCUT2D eigenvalue weighted by Crippen LogP contribution is -2.40. The van der Waals surface area contributed by atoms with Crippen LogP contribution in [-0.4, -0.2) is 25.7 Å². The molecule has 0 radical (unpaired) electrons. The van der Waals surface area contributed by atoms with Crippen molar-refractivity contribution in [3.05, 3.63) is 114 Å². The van der Waals surface area contributed by atoms with Crippen LogP contribution in [0.1, 0.15) is 79.2 Å². The Kier molecular flexibility index (Phi) is 15.0. The number of allylic oxidation sites excluding steroid dienone is 6. The first-order chi connectivity index (χ1) is 22.3. The van der Waals surface area contributed by atoms with Crippen molar-refractivity contribution >= 4 is 11.6 Å². The molecule has 1 aliphatic heterocycles. The van der Waals surface area contributed by atoms with Gasteiger partial charge < -0.3 is 20.7 Å². The Morgan fingerprint density at radius 2 is 1.72 bits per heavy atom. The van der Waals surface area contributed by atoms with Gasteiger partial charge in [-0.25, -0.2) is 0 Å². The third kappa shape index (κ3) is 12.1. The Morgan fingerprint density at radius 3 is 2.36 bits per heavy atom. The first-order valence-electron chi connectivity index (χ1n) is 17.6. The molecule has 3 N–H and O–H groups in total. The number of methoxy groups -OCH3 is 1. The molecule has 5 unspecified atom stereocenters. The van der Waals surface area contributed by atoms with Gasteiger partial charge in [0.05, 0.1) is 18.2 Å². The summed E-state index contributed by atoms with van der Waals surface area (Å²) in [6, 6.07) is 6.11. The van der Waals surface area contributed by atoms with E-state index in [4.69, 9.17) is 16.3 Å². The summed E-state index contributed by atoms with van der Waals surface area (Å²) in [5, 5.41) is 11.8. The van der Waals surface area contributed by atoms with Gasteiger partial charge in [0.15, 0.2) is 0 Å². The van der Waals surface area contributed by atoms with Gasteiger partial charge in [0, 0.05) is 35.6 Å². The van der Waals surface area contributed by atoms with Crippen molar-refractivity contribution < 1.29 is 4.74 Å². The largest absolute Gasteiger partial charge is 0.495 e. The van der Waals surface area contributed by atoms with Crippen LogP contribution in [0.5, 0.6) is 5.75 Å². The van der Waals surface area contributed by atoms with Crippen molar-refractivity contribution in [1.29, 1.82) is 0 Å². The maximum Gasteiger partial charge on any atom is 0.137 e. The summed E-state index contributed by atoms with van der Waals surface area (Å²) in [6.45, 7) is 32.8. The van der Waals surface area contributed by atoms with E-state index in [0.717, 1.165) is 61.3 Å². The Balaban J connectivity index is 1.88. The van der Waals surface area contributed by atoms with Crippen LogP contribution in [0.15, 0.2) is 103 Å². The molecule has 2 aliphatic rings. The van der Waals surface area contributed by atoms with Crippen molar-refractivity contribution in [2.75, 3.05) is 13.7 Å². The van der Waals surface area contributed by atoms with E-state index in [1.807, 2.05) is 12.1 Å². The molecule has 0 spiro atoms. The Bertz CT molecular complexity index is 1340. The standard InChI is InChI=1S/C42H62ClN3O/c1-27(2)21-38-23-29(4)31(6)26-44-35(10)41(25-37-19-20-42(47-11)39(43)24-37)45-32(7)13-12-14-40(46-34(38)9)33(8)30(5)22-36-17-15-28(3)16-18-36/h12-13,15,17-20,24,27-28,30-31,33,38,40-41,44-46H,4,7,9-10,14,16,21-23,25-26H2,1-3,5-6,8,11H3/b13-12+/t28?,30?,31?,33?,38?,40-,41+/m0/s1. The van der Waals surface area contributed by atoms with Crippen LogP contribution in [0.4, 0.5) is 0 Å². The second-order valence-electron chi connectivity index (χ2n) is 14.7. The fraction of sp³-hybridized carbons (Fsp3) is 0.524. The minimum absolute atomic E-state index is 0.0779. The van der Waals surface area contributed by atoms with Crippen LogP contribution in [0, 0.1) is 35.5 Å². The average Bonchev–Trinajstić information content (AvgIpc) is 3.02. The lowest BCUT2D eigenvalue weighted by Gasteiger charge is -2.34. The molecule has 47 heavy (non-hydrogen) atoms. The van der Waals surface area contributed by atoms with Crippen molar-refractivity contribution in [2.45, 2.75) is 92.2 Å². The molecule has 1 aromatic carbocycles. The maximum absolute atomic E-state index is 6.49. The smallest absolute Gasteiger partial charge is 0.137 e. The quantitative estimate of drug-likeness (QED) is 0.231. The van der Waals surface area contributed by atoms with Gasteiger partial charge in [-0.2, -0.15) is 0 Å². The first kappa shape index (κ1) is 38.3. The minimum Gasteiger partial charge on any atom is -0.495 e. The average molecular weight is 660 g/mol. The van der Waals surface area contributed by atoms with Gasteiger partial charge >= 0.3 is 0 Å². The predicted octanol–water partition coefficient (Wildman–Crippen LogP) is 10.3. The Hall–Kier alpha value is -3.11. The fourth-order valence-electron chi connectivity index (χ4n) is 6.59. The van der Waals surface area contributed by atoms with Crippen molar-refractivity contribution in [2.24, 2.45) is 35.5 Å². The highest BCUT2D eigenvalue weighted by Gasteiger charge is 2.27. The lowest BCUT2D eigenvalue weighted by atomic mass is 9.80. The molecule has 0 bridgehead atoms. The number of rotatable bonds is 9. The monoisotopic (exact) mass is 659 g/mol. The third-order valence-corrected chi connectivity index (χ3v) is 10.4. The number of ether oxygens (including phenoxy) is 1. The SMILES string of the molecule is C=C1/C=C/C[C@@H](C(C)C(C)CC2=CCC(C)C=C2)NC(=C)C(CC(C)C)CC(=C)C(C)CNC(=C)[C@@H](Cc2ccc(OC)c(Cl)c2)N1. The van der Waals surface area contributed by atoms with Crippen molar-refractivity contribution in [3.8, 4) is 5.75 Å². The molecule has 0 saturated carbocycles. The first-order valence-corrected chi connectivity index (χ1v) is 18.0. The second-order valence-corrected chi connectivity index (χ2v) is 15.1. The number of halogens is 1. The topological polar surface area (TPSA) is 45.3 Å². The van der Waals surface area contributed by atoms with Crippen molar-refractivity contribution in [3.63, 3.8) is 0 Å². The zero-order valence-electron chi connectivity index (χ0n) is 30.3. The molecule has 0 saturated heterocycles. The molecule has 4 nitrogen and oxygen atoms in total. The zero-order valence-corrected chi connectivity index (χ0v) is 31.1. The Morgan fingerprint density at radius 1 is 0.979 bits per heavy atom. The highest BCUT2D eigenvalue weighted by atomic mass is 35.5. The molecule has 3 rings (SSSR count). The molecule has 258 valence electrons. The summed E-state index contributed by atoms with van der Waals surface area (Å²) in [5.41, 5.74) is 6.70. The maximum atomic E-state index is 6.49. The van der Waals surface area contributed by atoms with Gasteiger partial charge in [-0.1, -0.05) is 121 Å². The zero-order chi connectivity index (χ0) is 34.7. The summed E-state index contributed by atoms with van der Waals surface area (Å²) in [6.07, 6.45) is 17.3. The Labute approximate surface area is 292 Å². The summed E-state index contributed by atoms with van der Waals surface area (Å²) in [4.78, 5) is 0. The molecule has 0 aromatic heterocycles. The van der Waals surface area contributed by atoms with Crippen LogP contribution in [0.3, 0.4) is 0 Å². The van der Waals surface area contributed by atoms with Crippen LogP contribution >= 0.6 is 11.6 Å². The molecule has 0 amide bonds. The minimum atomic E-state index is -0.0779. The normalized spacial score (nSPS) is 26.9. The molecule has 1 aromatic rings. The molecule has 0 fully saturated rings. The van der Waals surface area contributed by atoms with E-state index in [-0.39, 0.29) is 18.0 Å². The molecule has 1 aliphatic carbocycles. The van der Waals surface area contributed by atoms with Gasteiger partial charge in [-0.3, -0.25) is 0 Å². The number of nitrogens with one attached hydrogen (secondary N) is 3. The van der Waals surface area contributed by atoms with E-state index in [2.05, 4.69) is 120 Å². The van der Waals surface area contributed by atoms with Gasteiger partial charge in [-0.05, 0) is 91.9 Å². The van der Waals surface area contributed by atoms with E-state index >= 15 is 0 Å². The van der Waals surface area contributed by atoms with E-state index in [1.165, 1.54) is 11.1 Å². The molecular weight excluding hydrogens is 598 g/mol. The summed E-state index contributed by atoms with van der Waals surface area (Å²) in [7, 11) is 1.63. The van der Waals surface area contributed by atoms with E-state index in [9.17, 15) is 0 Å². The number of hydrogen-bond donors (Lipinski definition) is 3. The van der Waals surface area contributed by atoms with Crippen molar-refractivity contribution in [1.82, 2.24) is 16.0 Å². The molecule has 1 heterocycles. The predicted molar refractivity (Wildman–Crippen MR) is 205 cm³/mol. The number of benzene rings is 1. The number of hydrogen-bond acceptors (Lipinski definition) is 4. The summed E-state index contributed by atoms with van der Waals surface area (Å²) < 4.78 is 5.38. The summed E-state index contributed by atoms with van der Waals surface area (Å²) >= 11 is 6.49. The highest BCUT2D eigenvalue weighted by molar-refractivity contribution is 6.32. The molecule has 7 atom stereocenters. The van der Waals surface area contributed by atoms with E-state index in [0.29, 0.717) is 46.8 Å². The van der Waals surface area contributed by atoms with Gasteiger partial charge in [0.25, 0.3) is 0 Å².